The van der Waals surface area contributed by atoms with Gasteiger partial charge in [0.15, 0.2) is 0 Å². The Morgan fingerprint density at radius 3 is 2.07 bits per heavy atom. The Bertz CT molecular complexity index is 952. The number of non-ortho nitro benzene ring substituents is 1. The fourth-order valence-electron chi connectivity index (χ4n) is 2.32. The van der Waals surface area contributed by atoms with Crippen LogP contribution in [0.5, 0.6) is 11.5 Å². The van der Waals surface area contributed by atoms with Gasteiger partial charge in [-0.25, -0.2) is 5.43 Å². The van der Waals surface area contributed by atoms with Crippen molar-refractivity contribution >= 4 is 17.8 Å². The van der Waals surface area contributed by atoms with E-state index in [1.807, 2.05) is 12.1 Å². The van der Waals surface area contributed by atoms with Gasteiger partial charge >= 0.3 is 12.2 Å². The fourth-order valence-corrected chi connectivity index (χ4v) is 2.32. The number of ether oxygens (including phenoxy) is 2. The number of nitrogens with one attached hydrogen (secondary N) is 1. The minimum absolute atomic E-state index is 0.0713. The molecule has 29 heavy (non-hydrogen) atoms. The number of carbonyl (C=O) groups is 1. The number of amides is 1. The Kier molecular flexibility index (Phi) is 6.51. The molecule has 0 saturated carbocycles. The van der Waals surface area contributed by atoms with Crippen molar-refractivity contribution in [1.29, 1.82) is 0 Å². The second-order valence-corrected chi connectivity index (χ2v) is 5.78. The Morgan fingerprint density at radius 2 is 1.52 bits per heavy atom. The average molecular weight is 391 g/mol. The van der Waals surface area contributed by atoms with Gasteiger partial charge in [-0.2, -0.15) is 5.10 Å². The summed E-state index contributed by atoms with van der Waals surface area (Å²) in [5, 5.41) is 14.7. The first-order valence-electron chi connectivity index (χ1n) is 8.62. The van der Waals surface area contributed by atoms with Gasteiger partial charge in [-0.3, -0.25) is 14.9 Å². The molecule has 0 unspecified atom stereocenters. The summed E-state index contributed by atoms with van der Waals surface area (Å²) >= 11 is 0. The lowest BCUT2D eigenvalue weighted by Crippen LogP contribution is -2.40. The molecule has 0 aromatic heterocycles. The number of carbonyl (C=O) groups excluding carboxylic acids is 1. The van der Waals surface area contributed by atoms with Gasteiger partial charge in [0.25, 0.3) is 5.69 Å². The zero-order valence-electron chi connectivity index (χ0n) is 15.2. The third kappa shape index (κ3) is 5.90. The van der Waals surface area contributed by atoms with Crippen molar-refractivity contribution in [3.63, 3.8) is 0 Å². The smallest absolute Gasteiger partial charge is 0.323 e. The number of nitrogens with zero attached hydrogens (tertiary/aromatic N) is 2. The van der Waals surface area contributed by atoms with Gasteiger partial charge in [0.1, 0.15) is 11.5 Å². The fraction of sp³-hybridized carbons (Fsp3) is 0.0476. The van der Waals surface area contributed by atoms with E-state index in [2.05, 4.69) is 10.5 Å². The topological polar surface area (TPSA) is 103 Å². The lowest BCUT2D eigenvalue weighted by molar-refractivity contribution is -0.384. The molecule has 3 aromatic rings. The zero-order valence-corrected chi connectivity index (χ0v) is 15.2. The highest BCUT2D eigenvalue weighted by Crippen LogP contribution is 2.16. The van der Waals surface area contributed by atoms with Crippen molar-refractivity contribution in [2.45, 2.75) is 6.29 Å². The van der Waals surface area contributed by atoms with Gasteiger partial charge in [0.05, 0.1) is 11.1 Å². The van der Waals surface area contributed by atoms with Crippen molar-refractivity contribution in [2.24, 2.45) is 5.10 Å². The number of hydrogen-bond donors (Lipinski definition) is 1. The zero-order chi connectivity index (χ0) is 20.5. The molecule has 3 aromatic carbocycles. The van der Waals surface area contributed by atoms with Gasteiger partial charge in [0, 0.05) is 17.7 Å². The molecule has 3 rings (SSSR count). The molecule has 0 aliphatic carbocycles. The summed E-state index contributed by atoms with van der Waals surface area (Å²) in [5.41, 5.74) is 2.72. The van der Waals surface area contributed by atoms with Crippen LogP contribution in [0.25, 0.3) is 0 Å². The Balaban J connectivity index is 1.70. The largest absolute Gasteiger partial charge is 0.446 e. The van der Waals surface area contributed by atoms with Crippen LogP contribution in [0.2, 0.25) is 0 Å². The highest BCUT2D eigenvalue weighted by atomic mass is 16.7. The number of nitro benzene ring substituents is 1. The first-order chi connectivity index (χ1) is 14.1. The van der Waals surface area contributed by atoms with Crippen LogP contribution < -0.4 is 14.9 Å². The first kappa shape index (κ1) is 19.6. The molecule has 1 N–H and O–H groups in total. The van der Waals surface area contributed by atoms with Crippen LogP contribution in [-0.4, -0.2) is 23.3 Å². The number of para-hydroxylation sites is 2. The molecule has 0 atom stereocenters. The molecule has 0 bridgehead atoms. The third-order valence-electron chi connectivity index (χ3n) is 3.66. The molecule has 8 heteroatoms. The van der Waals surface area contributed by atoms with E-state index < -0.39 is 17.1 Å². The lowest BCUT2D eigenvalue weighted by Gasteiger charge is -2.18. The highest BCUT2D eigenvalue weighted by molar-refractivity contribution is 5.84. The van der Waals surface area contributed by atoms with E-state index in [1.165, 1.54) is 24.4 Å². The third-order valence-corrected chi connectivity index (χ3v) is 3.66. The molecule has 0 spiro atoms. The Labute approximate surface area is 166 Å². The quantitative estimate of drug-likeness (QED) is 0.274. The maximum atomic E-state index is 12.5. The lowest BCUT2D eigenvalue weighted by atomic mass is 10.2. The molecule has 146 valence electrons. The molecule has 0 heterocycles. The van der Waals surface area contributed by atoms with Crippen molar-refractivity contribution < 1.29 is 19.2 Å². The minimum Gasteiger partial charge on any atom is -0.446 e. The van der Waals surface area contributed by atoms with E-state index in [0.29, 0.717) is 17.1 Å². The van der Waals surface area contributed by atoms with Crippen molar-refractivity contribution in [1.82, 2.24) is 5.43 Å². The van der Waals surface area contributed by atoms with Gasteiger partial charge in [-0.1, -0.05) is 48.5 Å². The second kappa shape index (κ2) is 9.65. The standard InChI is InChI=1S/C21H17N3O5/c25-20(23-22-15-16-8-7-9-17(14-16)24(26)27)21(28-18-10-3-1-4-11-18)29-19-12-5-2-6-13-19/h1-15,21H,(H,23,25). The van der Waals surface area contributed by atoms with E-state index in [4.69, 9.17) is 9.47 Å². The maximum absolute atomic E-state index is 12.5. The summed E-state index contributed by atoms with van der Waals surface area (Å²) in [4.78, 5) is 22.9. The van der Waals surface area contributed by atoms with Gasteiger partial charge in [-0.05, 0) is 24.3 Å². The van der Waals surface area contributed by atoms with Crippen molar-refractivity contribution in [2.75, 3.05) is 0 Å². The summed E-state index contributed by atoms with van der Waals surface area (Å²) < 4.78 is 11.3. The summed E-state index contributed by atoms with van der Waals surface area (Å²) in [5.74, 6) is 0.261. The molecule has 0 aliphatic heterocycles. The molecular weight excluding hydrogens is 374 g/mol. The molecule has 0 aliphatic rings. The molecule has 0 fully saturated rings. The number of rotatable bonds is 8. The molecule has 0 radical (unpaired) electrons. The predicted octanol–water partition coefficient (Wildman–Crippen LogP) is 3.53. The Hall–Kier alpha value is -4.20. The number of hydrogen-bond acceptors (Lipinski definition) is 6. The van der Waals surface area contributed by atoms with E-state index in [1.54, 1.807) is 54.6 Å². The van der Waals surface area contributed by atoms with Crippen LogP contribution in [0, 0.1) is 10.1 Å². The number of benzene rings is 3. The number of nitro groups is 1. The number of hydrazone groups is 1. The molecule has 0 saturated heterocycles. The van der Waals surface area contributed by atoms with Gasteiger partial charge < -0.3 is 9.47 Å². The molecule has 1 amide bonds. The second-order valence-electron chi connectivity index (χ2n) is 5.78. The Morgan fingerprint density at radius 1 is 0.931 bits per heavy atom. The highest BCUT2D eigenvalue weighted by Gasteiger charge is 2.22. The molecule has 8 nitrogen and oxygen atoms in total. The summed E-state index contributed by atoms with van der Waals surface area (Å²) in [7, 11) is 0. The van der Waals surface area contributed by atoms with Crippen molar-refractivity contribution in [3.8, 4) is 11.5 Å². The van der Waals surface area contributed by atoms with Crippen LogP contribution in [0.4, 0.5) is 5.69 Å². The maximum Gasteiger partial charge on any atom is 0.323 e. The van der Waals surface area contributed by atoms with Crippen LogP contribution in [0.3, 0.4) is 0 Å². The van der Waals surface area contributed by atoms with Gasteiger partial charge in [0.2, 0.25) is 0 Å². The van der Waals surface area contributed by atoms with E-state index in [-0.39, 0.29) is 5.69 Å². The normalized spacial score (nSPS) is 10.7. The predicted molar refractivity (Wildman–Crippen MR) is 107 cm³/mol. The van der Waals surface area contributed by atoms with E-state index in [9.17, 15) is 14.9 Å². The summed E-state index contributed by atoms with van der Waals surface area (Å²) in [6.07, 6.45) is 0.00885. The summed E-state index contributed by atoms with van der Waals surface area (Å²) in [6.45, 7) is 0. The van der Waals surface area contributed by atoms with Crippen LogP contribution in [0.1, 0.15) is 5.56 Å². The van der Waals surface area contributed by atoms with E-state index in [0.717, 1.165) is 0 Å². The summed E-state index contributed by atoms with van der Waals surface area (Å²) in [6, 6.07) is 23.4. The monoisotopic (exact) mass is 391 g/mol. The van der Waals surface area contributed by atoms with E-state index >= 15 is 0 Å². The van der Waals surface area contributed by atoms with Gasteiger partial charge in [-0.15, -0.1) is 0 Å². The average Bonchev–Trinajstić information content (AvgIpc) is 2.75. The van der Waals surface area contributed by atoms with Crippen molar-refractivity contribution in [3.05, 3.63) is 101 Å². The SMILES string of the molecule is O=C(NN=Cc1cccc([N+](=O)[O-])c1)C(Oc1ccccc1)Oc1ccccc1. The minimum atomic E-state index is -1.29. The van der Waals surface area contributed by atoms with Crippen LogP contribution in [0.15, 0.2) is 90.0 Å². The first-order valence-corrected chi connectivity index (χ1v) is 8.62. The van der Waals surface area contributed by atoms with Crippen LogP contribution in [-0.2, 0) is 4.79 Å². The molecular formula is C21H17N3O5. The van der Waals surface area contributed by atoms with Crippen LogP contribution >= 0.6 is 0 Å².